The Morgan fingerprint density at radius 2 is 1.95 bits per heavy atom. The van der Waals surface area contributed by atoms with Crippen LogP contribution in [0.25, 0.3) is 0 Å². The van der Waals surface area contributed by atoms with Crippen LogP contribution in [0.5, 0.6) is 0 Å². The standard InChI is InChI=1S/C15H23NO5/c1-2-12-10-19-14(18)16(12)13(17)9-11-3-5-15(6-4-11)20-7-8-21-15/h11-12H,2-10H2,1H3. The molecule has 2 aliphatic heterocycles. The fourth-order valence-corrected chi connectivity index (χ4v) is 3.52. The zero-order valence-corrected chi connectivity index (χ0v) is 12.5. The molecule has 0 bridgehead atoms. The van der Waals surface area contributed by atoms with Gasteiger partial charge in [-0.15, -0.1) is 0 Å². The van der Waals surface area contributed by atoms with E-state index in [4.69, 9.17) is 14.2 Å². The van der Waals surface area contributed by atoms with E-state index in [1.54, 1.807) is 0 Å². The summed E-state index contributed by atoms with van der Waals surface area (Å²) in [7, 11) is 0. The van der Waals surface area contributed by atoms with Crippen molar-refractivity contribution in [3.05, 3.63) is 0 Å². The number of hydrogen-bond donors (Lipinski definition) is 0. The molecule has 0 aromatic heterocycles. The minimum Gasteiger partial charge on any atom is -0.447 e. The number of carbonyl (C=O) groups is 2. The summed E-state index contributed by atoms with van der Waals surface area (Å²) in [5.41, 5.74) is 0. The van der Waals surface area contributed by atoms with E-state index in [0.29, 0.717) is 32.2 Å². The highest BCUT2D eigenvalue weighted by Gasteiger charge is 2.42. The maximum absolute atomic E-state index is 12.4. The molecule has 2 saturated heterocycles. The fourth-order valence-electron chi connectivity index (χ4n) is 3.52. The molecule has 3 fully saturated rings. The summed E-state index contributed by atoms with van der Waals surface area (Å²) in [5.74, 6) is -0.182. The van der Waals surface area contributed by atoms with Gasteiger partial charge in [-0.1, -0.05) is 6.92 Å². The normalized spacial score (nSPS) is 29.1. The number of rotatable bonds is 3. The number of amides is 2. The van der Waals surface area contributed by atoms with E-state index in [9.17, 15) is 9.59 Å². The van der Waals surface area contributed by atoms with Crippen molar-refractivity contribution in [3.8, 4) is 0 Å². The van der Waals surface area contributed by atoms with E-state index in [1.807, 2.05) is 6.92 Å². The Morgan fingerprint density at radius 3 is 2.57 bits per heavy atom. The summed E-state index contributed by atoms with van der Waals surface area (Å²) in [5, 5.41) is 0. The van der Waals surface area contributed by atoms with E-state index in [-0.39, 0.29) is 11.9 Å². The van der Waals surface area contributed by atoms with Crippen molar-refractivity contribution < 1.29 is 23.8 Å². The van der Waals surface area contributed by atoms with Gasteiger partial charge in [0.05, 0.1) is 19.3 Å². The van der Waals surface area contributed by atoms with E-state index < -0.39 is 11.9 Å². The van der Waals surface area contributed by atoms with Gasteiger partial charge in [0, 0.05) is 19.3 Å². The lowest BCUT2D eigenvalue weighted by molar-refractivity contribution is -0.183. The van der Waals surface area contributed by atoms with Crippen LogP contribution in [0, 0.1) is 5.92 Å². The number of nitrogens with zero attached hydrogens (tertiary/aromatic N) is 1. The first-order chi connectivity index (χ1) is 10.1. The van der Waals surface area contributed by atoms with Crippen LogP contribution in [0.1, 0.15) is 45.4 Å². The van der Waals surface area contributed by atoms with Crippen molar-refractivity contribution >= 4 is 12.0 Å². The first-order valence-electron chi connectivity index (χ1n) is 7.90. The molecule has 2 heterocycles. The summed E-state index contributed by atoms with van der Waals surface area (Å²) in [4.78, 5) is 25.4. The third kappa shape index (κ3) is 2.92. The topological polar surface area (TPSA) is 65.1 Å². The molecule has 3 aliphatic rings. The molecule has 1 saturated carbocycles. The lowest BCUT2D eigenvalue weighted by atomic mass is 9.83. The molecule has 2 amide bonds. The smallest absolute Gasteiger partial charge is 0.416 e. The molecule has 0 aromatic carbocycles. The summed E-state index contributed by atoms with van der Waals surface area (Å²) in [6.07, 6.45) is 4.17. The molecule has 1 atom stereocenters. The van der Waals surface area contributed by atoms with Crippen molar-refractivity contribution in [3.63, 3.8) is 0 Å². The molecule has 3 rings (SSSR count). The van der Waals surface area contributed by atoms with E-state index >= 15 is 0 Å². The third-order valence-corrected chi connectivity index (χ3v) is 4.84. The molecule has 0 aromatic rings. The average molecular weight is 297 g/mol. The van der Waals surface area contributed by atoms with E-state index in [0.717, 1.165) is 32.1 Å². The second kappa shape index (κ2) is 5.93. The maximum Gasteiger partial charge on any atom is 0.416 e. The Balaban J connectivity index is 1.53. The molecule has 1 aliphatic carbocycles. The quantitative estimate of drug-likeness (QED) is 0.798. The number of ether oxygens (including phenoxy) is 3. The Kier molecular flexibility index (Phi) is 4.17. The SMILES string of the molecule is CCC1COC(=O)N1C(=O)CC1CCC2(CC1)OCCO2. The highest BCUT2D eigenvalue weighted by Crippen LogP contribution is 2.39. The van der Waals surface area contributed by atoms with Gasteiger partial charge >= 0.3 is 6.09 Å². The largest absolute Gasteiger partial charge is 0.447 e. The molecule has 21 heavy (non-hydrogen) atoms. The molecule has 6 nitrogen and oxygen atoms in total. The van der Waals surface area contributed by atoms with Gasteiger partial charge in [-0.05, 0) is 25.2 Å². The monoisotopic (exact) mass is 297 g/mol. The van der Waals surface area contributed by atoms with Crippen molar-refractivity contribution in [2.45, 2.75) is 57.3 Å². The molecule has 118 valence electrons. The summed E-state index contributed by atoms with van der Waals surface area (Å²) in [6, 6.07) is -0.0959. The average Bonchev–Trinajstić information content (AvgIpc) is 3.08. The number of carbonyl (C=O) groups excluding carboxylic acids is 2. The Morgan fingerprint density at radius 1 is 1.29 bits per heavy atom. The molecular formula is C15H23NO5. The highest BCUT2D eigenvalue weighted by atomic mass is 16.7. The Labute approximate surface area is 124 Å². The van der Waals surface area contributed by atoms with Crippen LogP contribution in [0.4, 0.5) is 4.79 Å². The second-order valence-corrected chi connectivity index (χ2v) is 6.16. The summed E-state index contributed by atoms with van der Waals surface area (Å²) in [6.45, 7) is 3.63. The Bertz CT molecular complexity index is 408. The molecular weight excluding hydrogens is 274 g/mol. The first-order valence-corrected chi connectivity index (χ1v) is 7.90. The lowest BCUT2D eigenvalue weighted by Crippen LogP contribution is -2.41. The highest BCUT2D eigenvalue weighted by molar-refractivity contribution is 5.93. The lowest BCUT2D eigenvalue weighted by Gasteiger charge is -2.35. The molecule has 0 radical (unpaired) electrons. The van der Waals surface area contributed by atoms with Gasteiger partial charge < -0.3 is 14.2 Å². The fraction of sp³-hybridized carbons (Fsp3) is 0.867. The minimum absolute atomic E-state index is 0.0959. The van der Waals surface area contributed by atoms with Gasteiger partial charge in [-0.2, -0.15) is 0 Å². The van der Waals surface area contributed by atoms with Gasteiger partial charge in [-0.25, -0.2) is 9.69 Å². The zero-order valence-electron chi connectivity index (χ0n) is 12.5. The van der Waals surface area contributed by atoms with E-state index in [1.165, 1.54) is 4.90 Å². The minimum atomic E-state index is -0.485. The van der Waals surface area contributed by atoms with Crippen LogP contribution in [-0.4, -0.2) is 48.5 Å². The van der Waals surface area contributed by atoms with Crippen molar-refractivity contribution in [2.24, 2.45) is 5.92 Å². The molecule has 0 N–H and O–H groups in total. The molecule has 6 heteroatoms. The van der Waals surface area contributed by atoms with Gasteiger partial charge in [-0.3, -0.25) is 4.79 Å². The zero-order chi connectivity index (χ0) is 14.9. The number of cyclic esters (lactones) is 1. The summed E-state index contributed by atoms with van der Waals surface area (Å²) >= 11 is 0. The third-order valence-electron chi connectivity index (χ3n) is 4.84. The predicted molar refractivity (Wildman–Crippen MR) is 73.5 cm³/mol. The van der Waals surface area contributed by atoms with Crippen molar-refractivity contribution in [2.75, 3.05) is 19.8 Å². The second-order valence-electron chi connectivity index (χ2n) is 6.16. The summed E-state index contributed by atoms with van der Waals surface area (Å²) < 4.78 is 16.4. The van der Waals surface area contributed by atoms with Crippen LogP contribution in [-0.2, 0) is 19.0 Å². The van der Waals surface area contributed by atoms with Crippen molar-refractivity contribution in [1.82, 2.24) is 4.90 Å². The van der Waals surface area contributed by atoms with Crippen LogP contribution in [0.2, 0.25) is 0 Å². The van der Waals surface area contributed by atoms with Crippen LogP contribution in [0.3, 0.4) is 0 Å². The van der Waals surface area contributed by atoms with Gasteiger partial charge in [0.2, 0.25) is 5.91 Å². The number of hydrogen-bond acceptors (Lipinski definition) is 5. The van der Waals surface area contributed by atoms with Crippen LogP contribution in [0.15, 0.2) is 0 Å². The Hall–Kier alpha value is -1.14. The van der Waals surface area contributed by atoms with Gasteiger partial charge in [0.1, 0.15) is 6.61 Å². The van der Waals surface area contributed by atoms with Crippen LogP contribution < -0.4 is 0 Å². The number of imide groups is 1. The van der Waals surface area contributed by atoms with Crippen LogP contribution >= 0.6 is 0 Å². The molecule has 1 unspecified atom stereocenters. The van der Waals surface area contributed by atoms with Gasteiger partial charge in [0.25, 0.3) is 0 Å². The maximum atomic E-state index is 12.4. The van der Waals surface area contributed by atoms with Crippen molar-refractivity contribution in [1.29, 1.82) is 0 Å². The first kappa shape index (κ1) is 14.8. The van der Waals surface area contributed by atoms with E-state index in [2.05, 4.69) is 0 Å². The van der Waals surface area contributed by atoms with Gasteiger partial charge in [0.15, 0.2) is 5.79 Å². The predicted octanol–water partition coefficient (Wildman–Crippen LogP) is 2.07. The molecule has 1 spiro atoms.